The Morgan fingerprint density at radius 2 is 0.859 bits per heavy atom. The monoisotopic (exact) mass is 1010 g/mol. The molecule has 0 N–H and O–H groups in total. The van der Waals surface area contributed by atoms with Crippen molar-refractivity contribution in [1.82, 2.24) is 4.57 Å². The molecule has 2 heterocycles. The van der Waals surface area contributed by atoms with Gasteiger partial charge in [-0.05, 0) is 108 Å². The van der Waals surface area contributed by atoms with E-state index in [2.05, 4.69) is 290 Å². The lowest BCUT2D eigenvalue weighted by molar-refractivity contribution is 0.660. The Morgan fingerprint density at radius 1 is 0.333 bits per heavy atom. The molecule has 366 valence electrons. The fourth-order valence-electron chi connectivity index (χ4n) is 13.5. The van der Waals surface area contributed by atoms with Crippen LogP contribution in [-0.2, 0) is 5.41 Å². The van der Waals surface area contributed by atoms with Crippen LogP contribution in [0.4, 0.5) is 17.1 Å². The van der Waals surface area contributed by atoms with Crippen molar-refractivity contribution >= 4 is 103 Å². The van der Waals surface area contributed by atoms with E-state index in [0.29, 0.717) is 0 Å². The van der Waals surface area contributed by atoms with Crippen molar-refractivity contribution < 1.29 is 0 Å². The molecule has 0 amide bonds. The van der Waals surface area contributed by atoms with E-state index in [1.54, 1.807) is 0 Å². The van der Waals surface area contributed by atoms with E-state index in [9.17, 15) is 0 Å². The fraction of sp³-hybridized carbons (Fsp3) is 0.0400. The molecule has 15 aromatic rings. The quantitative estimate of drug-likeness (QED) is 0.144. The van der Waals surface area contributed by atoms with Crippen molar-refractivity contribution in [2.75, 3.05) is 4.90 Å². The van der Waals surface area contributed by atoms with Crippen molar-refractivity contribution in [3.05, 3.63) is 278 Å². The molecular weight excluding hydrogens is 961 g/mol. The molecule has 0 bridgehead atoms. The Morgan fingerprint density at radius 3 is 1.67 bits per heavy atom. The molecule has 0 saturated carbocycles. The van der Waals surface area contributed by atoms with E-state index in [-0.39, 0.29) is 5.41 Å². The van der Waals surface area contributed by atoms with E-state index >= 15 is 0 Å². The Kier molecular flexibility index (Phi) is 9.89. The SMILES string of the molecule is CC1(C)c2ccccc2-c2ccc(N(c3ccc4c(c3)sc3ccccc34)c3c(-c4cccc5c6ccccc6n(-c6ccccc6-c6ccccc6-c6ccccc6)c45)ccc4c5ccccc5c5ccccc5c34)cc21. The van der Waals surface area contributed by atoms with Crippen molar-refractivity contribution in [2.45, 2.75) is 19.3 Å². The van der Waals surface area contributed by atoms with Gasteiger partial charge in [0.05, 0.1) is 22.4 Å². The van der Waals surface area contributed by atoms with E-state index in [1.807, 2.05) is 11.3 Å². The van der Waals surface area contributed by atoms with Gasteiger partial charge in [-0.2, -0.15) is 0 Å². The van der Waals surface area contributed by atoms with Crippen LogP contribution in [0.1, 0.15) is 25.0 Å². The summed E-state index contributed by atoms with van der Waals surface area (Å²) in [6.07, 6.45) is 0. The van der Waals surface area contributed by atoms with Gasteiger partial charge in [-0.25, -0.2) is 0 Å². The summed E-state index contributed by atoms with van der Waals surface area (Å²) in [7, 11) is 0. The number of hydrogen-bond donors (Lipinski definition) is 0. The summed E-state index contributed by atoms with van der Waals surface area (Å²) in [5, 5.41) is 12.4. The van der Waals surface area contributed by atoms with Gasteiger partial charge in [0.2, 0.25) is 0 Å². The molecule has 1 aliphatic carbocycles. The summed E-state index contributed by atoms with van der Waals surface area (Å²) in [6, 6.07) is 99.9. The van der Waals surface area contributed by atoms with Crippen LogP contribution < -0.4 is 4.90 Å². The maximum absolute atomic E-state index is 2.62. The van der Waals surface area contributed by atoms with Gasteiger partial charge in [-0.1, -0.05) is 238 Å². The zero-order chi connectivity index (χ0) is 51.6. The lowest BCUT2D eigenvalue weighted by atomic mass is 9.82. The highest BCUT2D eigenvalue weighted by Crippen LogP contribution is 2.55. The molecule has 0 saturated heterocycles. The first kappa shape index (κ1) is 44.7. The fourth-order valence-corrected chi connectivity index (χ4v) is 14.6. The van der Waals surface area contributed by atoms with Gasteiger partial charge in [0.25, 0.3) is 0 Å². The molecule has 1 aliphatic rings. The minimum absolute atomic E-state index is 0.216. The minimum Gasteiger partial charge on any atom is -0.309 e. The third kappa shape index (κ3) is 6.55. The van der Waals surface area contributed by atoms with Crippen LogP contribution in [0.3, 0.4) is 0 Å². The van der Waals surface area contributed by atoms with Gasteiger partial charge in [-0.15, -0.1) is 11.3 Å². The smallest absolute Gasteiger partial charge is 0.0625 e. The van der Waals surface area contributed by atoms with Crippen LogP contribution in [0, 0.1) is 0 Å². The number of anilines is 3. The second-order valence-corrected chi connectivity index (χ2v) is 22.6. The summed E-state index contributed by atoms with van der Waals surface area (Å²) in [4.78, 5) is 2.62. The average Bonchev–Trinajstić information content (AvgIpc) is 4.19. The Bertz CT molecular complexity index is 4920. The van der Waals surface area contributed by atoms with Gasteiger partial charge in [0.1, 0.15) is 0 Å². The van der Waals surface area contributed by atoms with Gasteiger partial charge in [0, 0.05) is 69.8 Å². The molecule has 78 heavy (non-hydrogen) atoms. The first-order chi connectivity index (χ1) is 38.5. The summed E-state index contributed by atoms with van der Waals surface area (Å²) in [6.45, 7) is 4.79. The molecule has 2 nitrogen and oxygen atoms in total. The predicted octanol–water partition coefficient (Wildman–Crippen LogP) is 21.4. The normalized spacial score (nSPS) is 12.8. The first-order valence-electron chi connectivity index (χ1n) is 27.1. The van der Waals surface area contributed by atoms with Crippen molar-refractivity contribution in [3.8, 4) is 50.2 Å². The molecule has 16 rings (SSSR count). The van der Waals surface area contributed by atoms with Gasteiger partial charge < -0.3 is 9.47 Å². The van der Waals surface area contributed by atoms with E-state index in [1.165, 1.54) is 113 Å². The van der Waals surface area contributed by atoms with Crippen LogP contribution >= 0.6 is 11.3 Å². The highest BCUT2D eigenvalue weighted by atomic mass is 32.1. The average molecular weight is 1010 g/mol. The predicted molar refractivity (Wildman–Crippen MR) is 335 cm³/mol. The zero-order valence-corrected chi connectivity index (χ0v) is 44.0. The van der Waals surface area contributed by atoms with Crippen LogP contribution in [-0.4, -0.2) is 4.57 Å². The number of para-hydroxylation sites is 3. The number of nitrogens with zero attached hydrogens (tertiary/aromatic N) is 2. The standard InChI is InChI=1S/C75H50N2S/c1-75(2)66-35-16-12-28-55(66)56-41-39-48(45-67(56)75)76(49-40-42-60-59-31-15-19-38-70(59)78-71(60)46-49)74-65(44-43-62-54-27-9-8-25-52(54)53-26-10-11-32-61(53)72(62)74)64-34-20-33-63-58-30-14-18-37-69(58)77(73(63)64)68-36-17-13-29-57(68)51-24-7-6-23-50(51)47-21-4-3-5-22-47/h3-46H,1-2H3. The van der Waals surface area contributed by atoms with Gasteiger partial charge in [-0.3, -0.25) is 0 Å². The molecule has 0 spiro atoms. The van der Waals surface area contributed by atoms with Crippen LogP contribution in [0.25, 0.3) is 124 Å². The molecule has 13 aromatic carbocycles. The van der Waals surface area contributed by atoms with E-state index in [4.69, 9.17) is 0 Å². The maximum atomic E-state index is 2.62. The van der Waals surface area contributed by atoms with Crippen LogP contribution in [0.2, 0.25) is 0 Å². The topological polar surface area (TPSA) is 8.17 Å². The molecule has 3 heteroatoms. The van der Waals surface area contributed by atoms with Gasteiger partial charge in [0.15, 0.2) is 0 Å². The summed E-state index contributed by atoms with van der Waals surface area (Å²) >= 11 is 1.88. The first-order valence-corrected chi connectivity index (χ1v) is 27.9. The largest absolute Gasteiger partial charge is 0.309 e. The van der Waals surface area contributed by atoms with Gasteiger partial charge >= 0.3 is 0 Å². The van der Waals surface area contributed by atoms with Crippen molar-refractivity contribution in [1.29, 1.82) is 0 Å². The second kappa shape index (κ2) is 17.2. The lowest BCUT2D eigenvalue weighted by Gasteiger charge is -2.32. The second-order valence-electron chi connectivity index (χ2n) is 21.5. The molecule has 0 fully saturated rings. The molecule has 0 unspecified atom stereocenters. The molecule has 0 aliphatic heterocycles. The van der Waals surface area contributed by atoms with Crippen molar-refractivity contribution in [3.63, 3.8) is 0 Å². The third-order valence-corrected chi connectivity index (χ3v) is 18.1. The highest BCUT2D eigenvalue weighted by Gasteiger charge is 2.36. The lowest BCUT2D eigenvalue weighted by Crippen LogP contribution is -2.17. The Labute approximate surface area is 457 Å². The highest BCUT2D eigenvalue weighted by molar-refractivity contribution is 7.25. The number of thiophene rings is 1. The number of benzene rings is 13. The summed E-state index contributed by atoms with van der Waals surface area (Å²) < 4.78 is 5.12. The van der Waals surface area contributed by atoms with Crippen LogP contribution in [0.5, 0.6) is 0 Å². The maximum Gasteiger partial charge on any atom is 0.0625 e. The number of hydrogen-bond acceptors (Lipinski definition) is 2. The Hall–Kier alpha value is -9.54. The third-order valence-electron chi connectivity index (χ3n) is 17.0. The van der Waals surface area contributed by atoms with Crippen molar-refractivity contribution in [2.24, 2.45) is 0 Å². The molecular formula is C75H50N2S. The van der Waals surface area contributed by atoms with E-state index in [0.717, 1.165) is 39.4 Å². The molecule has 0 radical (unpaired) electrons. The zero-order valence-electron chi connectivity index (χ0n) is 43.2. The minimum atomic E-state index is -0.216. The summed E-state index contributed by atoms with van der Waals surface area (Å²) in [5.41, 5.74) is 19.0. The Balaban J connectivity index is 1.06. The number of aromatic nitrogens is 1. The van der Waals surface area contributed by atoms with E-state index < -0.39 is 0 Å². The van der Waals surface area contributed by atoms with Crippen LogP contribution in [0.15, 0.2) is 267 Å². The molecule has 0 atom stereocenters. The molecule has 2 aromatic heterocycles. The summed E-state index contributed by atoms with van der Waals surface area (Å²) in [5.74, 6) is 0. The number of rotatable bonds is 7. The number of fused-ring (bicyclic) bond motifs is 15.